The Hall–Kier alpha value is -3.08. The molecule has 9 nitrogen and oxygen atoms in total. The van der Waals surface area contributed by atoms with Gasteiger partial charge in [-0.2, -0.15) is 14.1 Å². The number of piperazine rings is 1. The third kappa shape index (κ3) is 5.50. The lowest BCUT2D eigenvalue weighted by Gasteiger charge is -2.35. The predicted molar refractivity (Wildman–Crippen MR) is 140 cm³/mol. The summed E-state index contributed by atoms with van der Waals surface area (Å²) in [6, 6.07) is 13.8. The highest BCUT2D eigenvalue weighted by Gasteiger charge is 2.30. The maximum absolute atomic E-state index is 13.4. The van der Waals surface area contributed by atoms with Crippen LogP contribution in [-0.4, -0.2) is 55.3 Å². The molecular formula is C25H28ClN5O4S. The molecule has 2 N–H and O–H groups in total. The number of rotatable bonds is 8. The van der Waals surface area contributed by atoms with Crippen LogP contribution in [0.3, 0.4) is 0 Å². The molecule has 2 aliphatic rings. The lowest BCUT2D eigenvalue weighted by atomic mass is 10.2. The highest BCUT2D eigenvalue weighted by Crippen LogP contribution is 2.32. The van der Waals surface area contributed by atoms with Crippen molar-refractivity contribution in [1.82, 2.24) is 14.1 Å². The molecule has 1 aliphatic carbocycles. The zero-order chi connectivity index (χ0) is 25.3. The molecule has 2 aromatic carbocycles. The van der Waals surface area contributed by atoms with E-state index in [-0.39, 0.29) is 17.1 Å². The topological polar surface area (TPSA) is 111 Å². The van der Waals surface area contributed by atoms with Gasteiger partial charge in [-0.05, 0) is 54.7 Å². The van der Waals surface area contributed by atoms with Crippen molar-refractivity contribution in [1.29, 1.82) is 0 Å². The van der Waals surface area contributed by atoms with Gasteiger partial charge in [0.05, 0.1) is 24.2 Å². The normalized spacial score (nSPS) is 16.8. The van der Waals surface area contributed by atoms with Gasteiger partial charge >= 0.3 is 5.56 Å². The van der Waals surface area contributed by atoms with Crippen molar-refractivity contribution in [2.24, 2.45) is 5.92 Å². The summed E-state index contributed by atoms with van der Waals surface area (Å²) < 4.78 is 34.8. The van der Waals surface area contributed by atoms with Gasteiger partial charge < -0.3 is 15.4 Å². The zero-order valence-electron chi connectivity index (χ0n) is 19.7. The number of halogens is 1. The molecular weight excluding hydrogens is 502 g/mol. The molecule has 1 aliphatic heterocycles. The van der Waals surface area contributed by atoms with Crippen molar-refractivity contribution in [3.05, 3.63) is 75.7 Å². The second kappa shape index (κ2) is 10.1. The van der Waals surface area contributed by atoms with Crippen LogP contribution in [0.25, 0.3) is 5.69 Å². The first-order valence-electron chi connectivity index (χ1n) is 11.9. The Morgan fingerprint density at radius 1 is 1.06 bits per heavy atom. The molecule has 1 saturated heterocycles. The monoisotopic (exact) mass is 529 g/mol. The lowest BCUT2D eigenvalue weighted by Crippen LogP contribution is -2.49. The Morgan fingerprint density at radius 3 is 2.44 bits per heavy atom. The van der Waals surface area contributed by atoms with E-state index in [9.17, 15) is 13.2 Å². The summed E-state index contributed by atoms with van der Waals surface area (Å²) in [7, 11) is -3.49. The van der Waals surface area contributed by atoms with Gasteiger partial charge in [0.2, 0.25) is 15.8 Å². The van der Waals surface area contributed by atoms with Gasteiger partial charge in [-0.1, -0.05) is 29.8 Å². The standard InChI is InChI=1S/C25H28ClN5O4S/c26-20-2-1-3-22(14-20)31-25(32)24(35-16-18-4-5-18)23(15-28-31)29-10-12-30(13-11-29)36(33,34)17-19-6-8-21(27)9-7-19/h1-3,6-9,14-15,18H,4-5,10-13,16-17,27H2. The average molecular weight is 530 g/mol. The number of nitrogen functional groups attached to an aromatic ring is 1. The minimum absolute atomic E-state index is 0.0831. The molecule has 1 saturated carbocycles. The van der Waals surface area contributed by atoms with Gasteiger partial charge in [0.1, 0.15) is 5.69 Å². The molecule has 0 atom stereocenters. The van der Waals surface area contributed by atoms with E-state index in [1.807, 2.05) is 4.90 Å². The molecule has 3 aromatic rings. The number of nitrogens with two attached hydrogens (primary N) is 1. The second-order valence-corrected chi connectivity index (χ2v) is 11.6. The van der Waals surface area contributed by atoms with Crippen LogP contribution >= 0.6 is 11.6 Å². The Bertz CT molecular complexity index is 1400. The third-order valence-corrected chi connectivity index (χ3v) is 8.51. The molecule has 2 heterocycles. The fourth-order valence-electron chi connectivity index (χ4n) is 4.19. The van der Waals surface area contributed by atoms with Crippen LogP contribution in [-0.2, 0) is 15.8 Å². The Balaban J connectivity index is 1.35. The number of ether oxygens (including phenoxy) is 1. The molecule has 11 heteroatoms. The van der Waals surface area contributed by atoms with Crippen molar-refractivity contribution in [3.63, 3.8) is 0 Å². The second-order valence-electron chi connectivity index (χ2n) is 9.19. The van der Waals surface area contributed by atoms with Crippen LogP contribution in [0, 0.1) is 5.92 Å². The lowest BCUT2D eigenvalue weighted by molar-refractivity contribution is 0.292. The van der Waals surface area contributed by atoms with Crippen LogP contribution in [0.2, 0.25) is 5.02 Å². The summed E-state index contributed by atoms with van der Waals surface area (Å²) in [5, 5.41) is 4.88. The van der Waals surface area contributed by atoms with Crippen LogP contribution in [0.5, 0.6) is 5.75 Å². The first kappa shape index (κ1) is 24.6. The summed E-state index contributed by atoms with van der Waals surface area (Å²) in [6.45, 7) is 1.91. The Morgan fingerprint density at radius 2 is 1.78 bits per heavy atom. The Labute approximate surface area is 215 Å². The first-order valence-corrected chi connectivity index (χ1v) is 13.9. The molecule has 1 aromatic heterocycles. The number of hydrogen-bond donors (Lipinski definition) is 1. The van der Waals surface area contributed by atoms with Crippen molar-refractivity contribution >= 4 is 33.0 Å². The smallest absolute Gasteiger partial charge is 0.316 e. The molecule has 0 unspecified atom stereocenters. The average Bonchev–Trinajstić information content (AvgIpc) is 3.69. The van der Waals surface area contributed by atoms with Crippen molar-refractivity contribution < 1.29 is 13.2 Å². The molecule has 190 valence electrons. The SMILES string of the molecule is Nc1ccc(CS(=O)(=O)N2CCN(c3cnn(-c4cccc(Cl)c4)c(=O)c3OCC3CC3)CC2)cc1. The van der Waals surface area contributed by atoms with Crippen molar-refractivity contribution in [3.8, 4) is 11.4 Å². The van der Waals surface area contributed by atoms with Gasteiger partial charge in [-0.25, -0.2) is 8.42 Å². The molecule has 0 amide bonds. The highest BCUT2D eigenvalue weighted by molar-refractivity contribution is 7.88. The predicted octanol–water partition coefficient (Wildman–Crippen LogP) is 2.91. The number of benzene rings is 2. The number of hydrogen-bond acceptors (Lipinski definition) is 7. The van der Waals surface area contributed by atoms with Gasteiger partial charge in [-0.15, -0.1) is 0 Å². The van der Waals surface area contributed by atoms with E-state index in [4.69, 9.17) is 22.1 Å². The van der Waals surface area contributed by atoms with Gasteiger partial charge in [0.25, 0.3) is 0 Å². The van der Waals surface area contributed by atoms with E-state index in [2.05, 4.69) is 5.10 Å². The first-order chi connectivity index (χ1) is 17.3. The van der Waals surface area contributed by atoms with Crippen LogP contribution in [0.1, 0.15) is 18.4 Å². The summed E-state index contributed by atoms with van der Waals surface area (Å²) in [5.41, 5.74) is 7.75. The number of anilines is 2. The number of sulfonamides is 1. The van der Waals surface area contributed by atoms with Crippen LogP contribution < -0.4 is 20.9 Å². The van der Waals surface area contributed by atoms with E-state index in [1.165, 1.54) is 8.99 Å². The fourth-order valence-corrected chi connectivity index (χ4v) is 5.89. The highest BCUT2D eigenvalue weighted by atomic mass is 35.5. The number of nitrogens with zero attached hydrogens (tertiary/aromatic N) is 4. The minimum Gasteiger partial charge on any atom is -0.486 e. The van der Waals surface area contributed by atoms with E-state index < -0.39 is 10.0 Å². The van der Waals surface area contributed by atoms with E-state index in [0.717, 1.165) is 12.8 Å². The Kier molecular flexibility index (Phi) is 6.92. The van der Waals surface area contributed by atoms with Gasteiger partial charge in [-0.3, -0.25) is 4.79 Å². The summed E-state index contributed by atoms with van der Waals surface area (Å²) in [6.07, 6.45) is 3.80. The molecule has 5 rings (SSSR count). The van der Waals surface area contributed by atoms with Gasteiger partial charge in [0.15, 0.2) is 0 Å². The molecule has 0 radical (unpaired) electrons. The van der Waals surface area contributed by atoms with Crippen LogP contribution in [0.4, 0.5) is 11.4 Å². The molecule has 0 spiro atoms. The summed E-state index contributed by atoms with van der Waals surface area (Å²) >= 11 is 6.12. The van der Waals surface area contributed by atoms with Gasteiger partial charge in [0, 0.05) is 36.9 Å². The van der Waals surface area contributed by atoms with E-state index in [0.29, 0.717) is 66.4 Å². The maximum atomic E-state index is 13.4. The summed E-state index contributed by atoms with van der Waals surface area (Å²) in [4.78, 5) is 15.4. The maximum Gasteiger partial charge on any atom is 0.316 e. The molecule has 2 fully saturated rings. The quantitative estimate of drug-likeness (QED) is 0.447. The molecule has 36 heavy (non-hydrogen) atoms. The van der Waals surface area contributed by atoms with Crippen molar-refractivity contribution in [2.45, 2.75) is 18.6 Å². The largest absolute Gasteiger partial charge is 0.486 e. The fraction of sp³-hybridized carbons (Fsp3) is 0.360. The third-order valence-electron chi connectivity index (χ3n) is 6.43. The van der Waals surface area contributed by atoms with E-state index in [1.54, 1.807) is 54.7 Å². The minimum atomic E-state index is -3.49. The van der Waals surface area contributed by atoms with Crippen LogP contribution in [0.15, 0.2) is 59.5 Å². The van der Waals surface area contributed by atoms with E-state index >= 15 is 0 Å². The summed E-state index contributed by atoms with van der Waals surface area (Å²) in [5.74, 6) is 0.607. The number of aromatic nitrogens is 2. The van der Waals surface area contributed by atoms with Crippen molar-refractivity contribution in [2.75, 3.05) is 43.4 Å². The molecule has 0 bridgehead atoms. The zero-order valence-corrected chi connectivity index (χ0v) is 21.3.